The molecule has 1 unspecified atom stereocenters. The minimum Gasteiger partial charge on any atom is -0.468 e. The summed E-state index contributed by atoms with van der Waals surface area (Å²) in [6, 6.07) is 9.26. The fourth-order valence-electron chi connectivity index (χ4n) is 2.37. The number of esters is 2. The molecule has 0 saturated carbocycles. The Balaban J connectivity index is 2.24. The number of carbonyl (C=O) groups excluding carboxylic acids is 2. The summed E-state index contributed by atoms with van der Waals surface area (Å²) in [6.07, 6.45) is 4.46. The molecule has 1 heterocycles. The van der Waals surface area contributed by atoms with Gasteiger partial charge in [-0.2, -0.15) is 0 Å². The van der Waals surface area contributed by atoms with Crippen molar-refractivity contribution in [2.75, 3.05) is 13.7 Å². The first-order valence-corrected chi connectivity index (χ1v) is 7.53. The van der Waals surface area contributed by atoms with Gasteiger partial charge in [-0.05, 0) is 25.0 Å². The number of hydrogen-bond acceptors (Lipinski definition) is 5. The number of hydrogen-bond donors (Lipinski definition) is 0. The molecule has 0 aliphatic carbocycles. The van der Waals surface area contributed by atoms with Crippen molar-refractivity contribution in [2.45, 2.75) is 25.7 Å². The first-order valence-electron chi connectivity index (χ1n) is 7.53. The van der Waals surface area contributed by atoms with Gasteiger partial charge in [-0.15, -0.1) is 0 Å². The lowest BCUT2D eigenvalue weighted by molar-refractivity contribution is -0.142. The quantitative estimate of drug-likeness (QED) is 0.617. The van der Waals surface area contributed by atoms with Gasteiger partial charge in [0.15, 0.2) is 0 Å². The third-order valence-electron chi connectivity index (χ3n) is 3.40. The van der Waals surface area contributed by atoms with Crippen molar-refractivity contribution in [1.29, 1.82) is 0 Å². The molecule has 0 aromatic heterocycles. The number of rotatable bonds is 5. The van der Waals surface area contributed by atoms with Crippen molar-refractivity contribution in [3.8, 4) is 0 Å². The summed E-state index contributed by atoms with van der Waals surface area (Å²) < 4.78 is 15.6. The molecule has 0 spiro atoms. The predicted octanol–water partition coefficient (Wildman–Crippen LogP) is 3.08. The standard InChI is InChI=1S/C18H20O5/c1-3-22-16(19)12-14-10-7-11-15(23-14)17(18(20)21-2)13-8-5-4-6-9-13/h4-6,8-9,11-12,17H,3,7,10H2,1-2H3/b14-12-. The monoisotopic (exact) mass is 316 g/mol. The average molecular weight is 316 g/mol. The third kappa shape index (κ3) is 4.45. The van der Waals surface area contributed by atoms with Crippen LogP contribution in [0.2, 0.25) is 0 Å². The van der Waals surface area contributed by atoms with Crippen molar-refractivity contribution in [2.24, 2.45) is 0 Å². The van der Waals surface area contributed by atoms with Crippen molar-refractivity contribution < 1.29 is 23.8 Å². The molecule has 1 aromatic rings. The van der Waals surface area contributed by atoms with Crippen LogP contribution < -0.4 is 0 Å². The lowest BCUT2D eigenvalue weighted by Gasteiger charge is -2.23. The zero-order chi connectivity index (χ0) is 16.7. The highest BCUT2D eigenvalue weighted by molar-refractivity contribution is 5.83. The van der Waals surface area contributed by atoms with Crippen LogP contribution in [0.25, 0.3) is 0 Å². The molecule has 0 amide bonds. The summed E-state index contributed by atoms with van der Waals surface area (Å²) in [7, 11) is 1.34. The fraction of sp³-hybridized carbons (Fsp3) is 0.333. The highest BCUT2D eigenvalue weighted by atomic mass is 16.5. The summed E-state index contributed by atoms with van der Waals surface area (Å²) in [6.45, 7) is 2.05. The molecule has 1 aromatic carbocycles. The Morgan fingerprint density at radius 2 is 2.04 bits per heavy atom. The van der Waals surface area contributed by atoms with E-state index in [0.717, 1.165) is 5.56 Å². The van der Waals surface area contributed by atoms with Crippen LogP contribution in [0.15, 0.2) is 54.0 Å². The van der Waals surface area contributed by atoms with Crippen molar-refractivity contribution >= 4 is 11.9 Å². The fourth-order valence-corrected chi connectivity index (χ4v) is 2.37. The molecule has 1 atom stereocenters. The second-order valence-electron chi connectivity index (χ2n) is 4.98. The maximum Gasteiger partial charge on any atom is 0.334 e. The molecule has 122 valence electrons. The molecule has 5 heteroatoms. The van der Waals surface area contributed by atoms with E-state index in [0.29, 0.717) is 31.0 Å². The Morgan fingerprint density at radius 3 is 2.70 bits per heavy atom. The van der Waals surface area contributed by atoms with E-state index in [1.165, 1.54) is 13.2 Å². The van der Waals surface area contributed by atoms with Gasteiger partial charge < -0.3 is 14.2 Å². The van der Waals surface area contributed by atoms with E-state index >= 15 is 0 Å². The maximum atomic E-state index is 12.2. The number of methoxy groups -OCH3 is 1. The lowest BCUT2D eigenvalue weighted by Crippen LogP contribution is -2.20. The second kappa shape index (κ2) is 8.17. The van der Waals surface area contributed by atoms with Gasteiger partial charge in [-0.25, -0.2) is 4.79 Å². The first kappa shape index (κ1) is 16.8. The minimum atomic E-state index is -0.646. The van der Waals surface area contributed by atoms with Gasteiger partial charge in [0.25, 0.3) is 0 Å². The second-order valence-corrected chi connectivity index (χ2v) is 4.98. The van der Waals surface area contributed by atoms with E-state index in [9.17, 15) is 9.59 Å². The van der Waals surface area contributed by atoms with Gasteiger partial charge >= 0.3 is 11.9 Å². The van der Waals surface area contributed by atoms with E-state index in [1.54, 1.807) is 6.92 Å². The summed E-state index contributed by atoms with van der Waals surface area (Å²) in [5, 5.41) is 0. The predicted molar refractivity (Wildman–Crippen MR) is 84.3 cm³/mol. The molecule has 1 aliphatic heterocycles. The van der Waals surface area contributed by atoms with Crippen LogP contribution in [-0.2, 0) is 23.8 Å². The van der Waals surface area contributed by atoms with Crippen LogP contribution in [0.5, 0.6) is 0 Å². The summed E-state index contributed by atoms with van der Waals surface area (Å²) in [5.74, 6) is -0.527. The van der Waals surface area contributed by atoms with Crippen LogP contribution >= 0.6 is 0 Å². The largest absolute Gasteiger partial charge is 0.468 e. The van der Waals surface area contributed by atoms with E-state index in [2.05, 4.69) is 0 Å². The van der Waals surface area contributed by atoms with Gasteiger partial charge in [0.2, 0.25) is 0 Å². The van der Waals surface area contributed by atoms with E-state index < -0.39 is 17.9 Å². The van der Waals surface area contributed by atoms with Gasteiger partial charge in [0.1, 0.15) is 17.4 Å². The Morgan fingerprint density at radius 1 is 1.30 bits per heavy atom. The molecule has 0 radical (unpaired) electrons. The molecular formula is C18H20O5. The molecule has 0 N–H and O–H groups in total. The van der Waals surface area contributed by atoms with Gasteiger partial charge in [-0.3, -0.25) is 4.79 Å². The highest BCUT2D eigenvalue weighted by Gasteiger charge is 2.29. The van der Waals surface area contributed by atoms with Crippen LogP contribution in [0.1, 0.15) is 31.2 Å². The van der Waals surface area contributed by atoms with E-state index in [1.807, 2.05) is 36.4 Å². The van der Waals surface area contributed by atoms with Crippen LogP contribution in [0.3, 0.4) is 0 Å². The van der Waals surface area contributed by atoms with Crippen LogP contribution in [0, 0.1) is 0 Å². The van der Waals surface area contributed by atoms with Crippen molar-refractivity contribution in [1.82, 2.24) is 0 Å². The van der Waals surface area contributed by atoms with Crippen LogP contribution in [-0.4, -0.2) is 25.7 Å². The SMILES string of the molecule is CCOC(=O)/C=C1/CCC=C(C(C(=O)OC)c2ccccc2)O1. The zero-order valence-electron chi connectivity index (χ0n) is 13.3. The zero-order valence-corrected chi connectivity index (χ0v) is 13.3. The summed E-state index contributed by atoms with van der Waals surface area (Å²) >= 11 is 0. The molecule has 0 saturated heterocycles. The lowest BCUT2D eigenvalue weighted by atomic mass is 9.95. The molecule has 5 nitrogen and oxygen atoms in total. The van der Waals surface area contributed by atoms with E-state index in [-0.39, 0.29) is 0 Å². The number of benzene rings is 1. The van der Waals surface area contributed by atoms with Crippen molar-refractivity contribution in [3.05, 3.63) is 59.6 Å². The topological polar surface area (TPSA) is 61.8 Å². The molecule has 0 bridgehead atoms. The Kier molecular flexibility index (Phi) is 5.97. The van der Waals surface area contributed by atoms with Gasteiger partial charge in [0.05, 0.1) is 19.8 Å². The molecule has 23 heavy (non-hydrogen) atoms. The third-order valence-corrected chi connectivity index (χ3v) is 3.40. The van der Waals surface area contributed by atoms with Gasteiger partial charge in [0, 0.05) is 6.42 Å². The number of allylic oxidation sites excluding steroid dienone is 2. The smallest absolute Gasteiger partial charge is 0.334 e. The van der Waals surface area contributed by atoms with E-state index in [4.69, 9.17) is 14.2 Å². The van der Waals surface area contributed by atoms with Crippen molar-refractivity contribution in [3.63, 3.8) is 0 Å². The summed E-state index contributed by atoms with van der Waals surface area (Å²) in [5.41, 5.74) is 0.781. The highest BCUT2D eigenvalue weighted by Crippen LogP contribution is 2.32. The molecule has 1 aliphatic rings. The Labute approximate surface area is 135 Å². The average Bonchev–Trinajstić information content (AvgIpc) is 2.56. The Bertz CT molecular complexity index is 616. The Hall–Kier alpha value is -2.56. The minimum absolute atomic E-state index is 0.306. The maximum absolute atomic E-state index is 12.2. The van der Waals surface area contributed by atoms with Crippen LogP contribution in [0.4, 0.5) is 0 Å². The normalized spacial score (nSPS) is 17.0. The summed E-state index contributed by atoms with van der Waals surface area (Å²) in [4.78, 5) is 23.7. The molecule has 0 fully saturated rings. The molecular weight excluding hydrogens is 296 g/mol. The molecule has 2 rings (SSSR count). The number of ether oxygens (including phenoxy) is 3. The van der Waals surface area contributed by atoms with Gasteiger partial charge in [-0.1, -0.05) is 30.3 Å². The first-order chi connectivity index (χ1) is 11.2. The number of carbonyl (C=O) groups is 2.